The molecule has 6 heteroatoms. The molecule has 2 aliphatic rings. The van der Waals surface area contributed by atoms with Crippen LogP contribution in [0, 0.1) is 0 Å². The summed E-state index contributed by atoms with van der Waals surface area (Å²) >= 11 is 0. The maximum absolute atomic E-state index is 12.1. The molecule has 6 nitrogen and oxygen atoms in total. The van der Waals surface area contributed by atoms with Gasteiger partial charge in [0, 0.05) is 17.5 Å². The number of carbonyl (C=O) groups excluding carboxylic acids is 1. The molecule has 2 aliphatic heterocycles. The lowest BCUT2D eigenvalue weighted by Gasteiger charge is -2.25. The smallest absolute Gasteiger partial charge is 0.312 e. The monoisotopic (exact) mass is 368 g/mol. The van der Waals surface area contributed by atoms with E-state index in [1.165, 1.54) is 0 Å². The Morgan fingerprint density at radius 1 is 1.15 bits per heavy atom. The zero-order valence-corrected chi connectivity index (χ0v) is 15.2. The number of rotatable bonds is 5. The molecule has 4 rings (SSSR count). The van der Waals surface area contributed by atoms with Gasteiger partial charge in [0.25, 0.3) is 0 Å². The Kier molecular flexibility index (Phi) is 4.39. The summed E-state index contributed by atoms with van der Waals surface area (Å²) in [5, 5.41) is 0. The van der Waals surface area contributed by atoms with Gasteiger partial charge >= 0.3 is 5.97 Å². The fourth-order valence-corrected chi connectivity index (χ4v) is 3.26. The molecule has 140 valence electrons. The standard InChI is InChI=1S/C21H20O6/c1-12(2)10-24-16-5-4-13(6-18(16)23-3)14-8-21(22)27-17-9-20-19(7-15(14)17)25-11-26-20/h4-7,9,14H,1,8,10-11H2,2-3H3/t14-/m0/s1. The van der Waals surface area contributed by atoms with Crippen molar-refractivity contribution in [3.63, 3.8) is 0 Å². The predicted octanol–water partition coefficient (Wildman–Crippen LogP) is 3.82. The van der Waals surface area contributed by atoms with Crippen LogP contribution < -0.4 is 23.7 Å². The predicted molar refractivity (Wildman–Crippen MR) is 98.0 cm³/mol. The zero-order valence-electron chi connectivity index (χ0n) is 15.2. The SMILES string of the molecule is C=C(C)COc1ccc([C@@H]2CC(=O)Oc3cc4c(cc32)OCO4)cc1OC. The highest BCUT2D eigenvalue weighted by molar-refractivity contribution is 5.78. The topological polar surface area (TPSA) is 63.2 Å². The van der Waals surface area contributed by atoms with Gasteiger partial charge in [-0.1, -0.05) is 12.6 Å². The summed E-state index contributed by atoms with van der Waals surface area (Å²) in [7, 11) is 1.59. The van der Waals surface area contributed by atoms with E-state index in [2.05, 4.69) is 6.58 Å². The quantitative estimate of drug-likeness (QED) is 0.454. The van der Waals surface area contributed by atoms with Crippen LogP contribution in [0.5, 0.6) is 28.7 Å². The second kappa shape index (κ2) is 6.87. The van der Waals surface area contributed by atoms with E-state index in [-0.39, 0.29) is 25.1 Å². The van der Waals surface area contributed by atoms with Crippen LogP contribution in [0.4, 0.5) is 0 Å². The third-order valence-corrected chi connectivity index (χ3v) is 4.54. The molecule has 2 aromatic rings. The summed E-state index contributed by atoms with van der Waals surface area (Å²) in [5.74, 6) is 2.53. The first-order valence-corrected chi connectivity index (χ1v) is 8.64. The third kappa shape index (κ3) is 3.30. The molecule has 0 amide bonds. The highest BCUT2D eigenvalue weighted by Gasteiger charge is 2.32. The van der Waals surface area contributed by atoms with Crippen molar-refractivity contribution in [2.75, 3.05) is 20.5 Å². The highest BCUT2D eigenvalue weighted by Crippen LogP contribution is 2.46. The summed E-state index contributed by atoms with van der Waals surface area (Å²) in [6, 6.07) is 9.28. The number of carbonyl (C=O) groups is 1. The van der Waals surface area contributed by atoms with Gasteiger partial charge in [-0.25, -0.2) is 0 Å². The Morgan fingerprint density at radius 3 is 2.67 bits per heavy atom. The highest BCUT2D eigenvalue weighted by atomic mass is 16.7. The molecule has 27 heavy (non-hydrogen) atoms. The number of ether oxygens (including phenoxy) is 5. The van der Waals surface area contributed by atoms with E-state index in [4.69, 9.17) is 23.7 Å². The van der Waals surface area contributed by atoms with Crippen molar-refractivity contribution in [1.29, 1.82) is 0 Å². The van der Waals surface area contributed by atoms with E-state index in [9.17, 15) is 4.79 Å². The third-order valence-electron chi connectivity index (χ3n) is 4.54. The van der Waals surface area contributed by atoms with Gasteiger partial charge in [-0.3, -0.25) is 4.79 Å². The van der Waals surface area contributed by atoms with Gasteiger partial charge in [0.05, 0.1) is 13.5 Å². The number of hydrogen-bond acceptors (Lipinski definition) is 6. The fourth-order valence-electron chi connectivity index (χ4n) is 3.26. The van der Waals surface area contributed by atoms with Gasteiger partial charge in [0.2, 0.25) is 6.79 Å². The van der Waals surface area contributed by atoms with Crippen molar-refractivity contribution in [2.45, 2.75) is 19.3 Å². The van der Waals surface area contributed by atoms with Gasteiger partial charge in [-0.2, -0.15) is 0 Å². The fraction of sp³-hybridized carbons (Fsp3) is 0.286. The molecular weight excluding hydrogens is 348 g/mol. The van der Waals surface area contributed by atoms with Crippen LogP contribution in [0.3, 0.4) is 0 Å². The minimum Gasteiger partial charge on any atom is -0.493 e. The van der Waals surface area contributed by atoms with E-state index in [0.29, 0.717) is 35.4 Å². The van der Waals surface area contributed by atoms with Crippen molar-refractivity contribution in [2.24, 2.45) is 0 Å². The van der Waals surface area contributed by atoms with Gasteiger partial charge in [0.15, 0.2) is 23.0 Å². The van der Waals surface area contributed by atoms with Crippen molar-refractivity contribution in [3.8, 4) is 28.7 Å². The van der Waals surface area contributed by atoms with Gasteiger partial charge < -0.3 is 23.7 Å². The second-order valence-electron chi connectivity index (χ2n) is 6.63. The molecular formula is C21H20O6. The normalized spacial score (nSPS) is 17.1. The van der Waals surface area contributed by atoms with Crippen LogP contribution >= 0.6 is 0 Å². The van der Waals surface area contributed by atoms with Crippen LogP contribution in [0.25, 0.3) is 0 Å². The molecule has 0 fully saturated rings. The van der Waals surface area contributed by atoms with Crippen LogP contribution in [0.1, 0.15) is 30.4 Å². The van der Waals surface area contributed by atoms with Crippen molar-refractivity contribution < 1.29 is 28.5 Å². The summed E-state index contributed by atoms with van der Waals surface area (Å²) in [6.45, 7) is 6.32. The van der Waals surface area contributed by atoms with E-state index < -0.39 is 0 Å². The minimum absolute atomic E-state index is 0.166. The lowest BCUT2D eigenvalue weighted by molar-refractivity contribution is -0.135. The van der Waals surface area contributed by atoms with Crippen LogP contribution in [0.15, 0.2) is 42.5 Å². The maximum atomic E-state index is 12.1. The number of benzene rings is 2. The molecule has 0 bridgehead atoms. The number of fused-ring (bicyclic) bond motifs is 2. The Morgan fingerprint density at radius 2 is 1.93 bits per heavy atom. The van der Waals surface area contributed by atoms with Gasteiger partial charge in [-0.15, -0.1) is 0 Å². The van der Waals surface area contributed by atoms with E-state index in [1.807, 2.05) is 31.2 Å². The average Bonchev–Trinajstić information content (AvgIpc) is 3.11. The molecule has 1 atom stereocenters. The van der Waals surface area contributed by atoms with Crippen molar-refractivity contribution in [3.05, 3.63) is 53.6 Å². The zero-order chi connectivity index (χ0) is 19.0. The van der Waals surface area contributed by atoms with Crippen molar-refractivity contribution >= 4 is 5.97 Å². The van der Waals surface area contributed by atoms with Crippen LogP contribution in [-0.2, 0) is 4.79 Å². The maximum Gasteiger partial charge on any atom is 0.312 e. The first-order valence-electron chi connectivity index (χ1n) is 8.64. The molecule has 0 aliphatic carbocycles. The number of esters is 1. The Hall–Kier alpha value is -3.15. The van der Waals surface area contributed by atoms with Crippen molar-refractivity contribution in [1.82, 2.24) is 0 Å². The lowest BCUT2D eigenvalue weighted by atomic mass is 9.86. The van der Waals surface area contributed by atoms with E-state index >= 15 is 0 Å². The molecule has 0 N–H and O–H groups in total. The summed E-state index contributed by atoms with van der Waals surface area (Å²) in [6.07, 6.45) is 0.238. The first kappa shape index (κ1) is 17.3. The number of hydrogen-bond donors (Lipinski definition) is 0. The Bertz CT molecular complexity index is 917. The number of methoxy groups -OCH3 is 1. The average molecular weight is 368 g/mol. The first-order chi connectivity index (χ1) is 13.0. The largest absolute Gasteiger partial charge is 0.493 e. The minimum atomic E-state index is -0.284. The molecule has 0 radical (unpaired) electrons. The van der Waals surface area contributed by atoms with E-state index in [0.717, 1.165) is 16.7 Å². The molecule has 0 saturated heterocycles. The Labute approximate surface area is 157 Å². The van der Waals surface area contributed by atoms with Gasteiger partial charge in [-0.05, 0) is 36.3 Å². The molecule has 2 aromatic carbocycles. The molecule has 0 spiro atoms. The summed E-state index contributed by atoms with van der Waals surface area (Å²) < 4.78 is 27.5. The summed E-state index contributed by atoms with van der Waals surface area (Å²) in [4.78, 5) is 12.1. The molecule has 0 saturated carbocycles. The molecule has 0 unspecified atom stereocenters. The van der Waals surface area contributed by atoms with E-state index in [1.54, 1.807) is 13.2 Å². The Balaban J connectivity index is 1.71. The van der Waals surface area contributed by atoms with Crippen LogP contribution in [0.2, 0.25) is 0 Å². The van der Waals surface area contributed by atoms with Gasteiger partial charge in [0.1, 0.15) is 12.4 Å². The lowest BCUT2D eigenvalue weighted by Crippen LogP contribution is -2.21. The molecule has 0 aromatic heterocycles. The molecule has 2 heterocycles. The summed E-state index contributed by atoms with van der Waals surface area (Å²) in [5.41, 5.74) is 2.74. The van der Waals surface area contributed by atoms with Crippen LogP contribution in [-0.4, -0.2) is 26.5 Å². The second-order valence-corrected chi connectivity index (χ2v) is 6.63.